The first-order chi connectivity index (χ1) is 10.9. The average Bonchev–Trinajstić information content (AvgIpc) is 2.74. The summed E-state index contributed by atoms with van der Waals surface area (Å²) in [4.78, 5) is 24.3. The van der Waals surface area contributed by atoms with E-state index in [2.05, 4.69) is 13.8 Å². The fourth-order valence-corrected chi connectivity index (χ4v) is 3.67. The van der Waals surface area contributed by atoms with Crippen LogP contribution in [0.1, 0.15) is 43.5 Å². The molecule has 5 nitrogen and oxygen atoms in total. The summed E-state index contributed by atoms with van der Waals surface area (Å²) in [5.41, 5.74) is -0.944. The Morgan fingerprint density at radius 1 is 1.35 bits per heavy atom. The first-order valence-corrected chi connectivity index (χ1v) is 8.08. The summed E-state index contributed by atoms with van der Waals surface area (Å²) < 4.78 is 11.0. The molecule has 4 unspecified atom stereocenters. The molecule has 23 heavy (non-hydrogen) atoms. The molecule has 0 amide bonds. The Labute approximate surface area is 135 Å². The fraction of sp³-hybridized carbons (Fsp3) is 0.556. The molecule has 2 aliphatic rings. The summed E-state index contributed by atoms with van der Waals surface area (Å²) in [7, 11) is 0. The van der Waals surface area contributed by atoms with E-state index in [1.54, 1.807) is 24.3 Å². The Hall–Kier alpha value is -1.88. The summed E-state index contributed by atoms with van der Waals surface area (Å²) in [6.07, 6.45) is 0.192. The van der Waals surface area contributed by atoms with Gasteiger partial charge >= 0.3 is 11.9 Å². The van der Waals surface area contributed by atoms with Crippen LogP contribution >= 0.6 is 0 Å². The van der Waals surface area contributed by atoms with Crippen molar-refractivity contribution in [2.75, 3.05) is 0 Å². The molecule has 0 spiro atoms. The third-order valence-corrected chi connectivity index (χ3v) is 4.63. The first kappa shape index (κ1) is 16.0. The lowest BCUT2D eigenvalue weighted by atomic mass is 9.73. The summed E-state index contributed by atoms with van der Waals surface area (Å²) in [6.45, 7) is 4.14. The van der Waals surface area contributed by atoms with Gasteiger partial charge in [0.15, 0.2) is 5.60 Å². The van der Waals surface area contributed by atoms with Gasteiger partial charge in [-0.15, -0.1) is 0 Å². The van der Waals surface area contributed by atoms with E-state index in [1.165, 1.54) is 0 Å². The van der Waals surface area contributed by atoms with Crippen molar-refractivity contribution in [2.45, 2.75) is 50.9 Å². The fourth-order valence-electron chi connectivity index (χ4n) is 3.67. The monoisotopic (exact) mass is 318 g/mol. The molecule has 1 aromatic rings. The van der Waals surface area contributed by atoms with Gasteiger partial charge in [0.2, 0.25) is 0 Å². The normalized spacial score (nSPS) is 32.7. The summed E-state index contributed by atoms with van der Waals surface area (Å²) >= 11 is 0. The predicted octanol–water partition coefficient (Wildman–Crippen LogP) is 2.32. The molecule has 5 heteroatoms. The van der Waals surface area contributed by atoms with Gasteiger partial charge < -0.3 is 14.6 Å². The number of hydrogen-bond donors (Lipinski definition) is 1. The number of fused-ring (bicyclic) bond motifs is 2. The highest BCUT2D eigenvalue weighted by Crippen LogP contribution is 2.44. The van der Waals surface area contributed by atoms with Crippen molar-refractivity contribution in [3.05, 3.63) is 35.9 Å². The van der Waals surface area contributed by atoms with E-state index in [0.717, 1.165) is 6.42 Å². The van der Waals surface area contributed by atoms with Gasteiger partial charge in [0, 0.05) is 12.3 Å². The third kappa shape index (κ3) is 3.11. The van der Waals surface area contributed by atoms with E-state index < -0.39 is 29.7 Å². The molecule has 1 aliphatic carbocycles. The molecule has 2 fully saturated rings. The highest BCUT2D eigenvalue weighted by molar-refractivity contribution is 5.89. The molecule has 1 saturated heterocycles. The number of benzene rings is 1. The third-order valence-electron chi connectivity index (χ3n) is 4.63. The van der Waals surface area contributed by atoms with Gasteiger partial charge in [-0.2, -0.15) is 0 Å². The molecule has 1 aliphatic heterocycles. The Bertz CT molecular complexity index is 597. The van der Waals surface area contributed by atoms with Crippen molar-refractivity contribution in [3.8, 4) is 0 Å². The number of hydrogen-bond acceptors (Lipinski definition) is 5. The second-order valence-corrected chi connectivity index (χ2v) is 7.01. The van der Waals surface area contributed by atoms with Gasteiger partial charge in [0.25, 0.3) is 0 Å². The van der Waals surface area contributed by atoms with Crippen LogP contribution in [0.3, 0.4) is 0 Å². The van der Waals surface area contributed by atoms with Crippen LogP contribution in [0.5, 0.6) is 0 Å². The van der Waals surface area contributed by atoms with E-state index >= 15 is 0 Å². The van der Waals surface area contributed by atoms with Crippen LogP contribution in [0.15, 0.2) is 30.3 Å². The minimum absolute atomic E-state index is 0.0853. The molecule has 3 rings (SSSR count). The van der Waals surface area contributed by atoms with E-state index in [-0.39, 0.29) is 18.8 Å². The topological polar surface area (TPSA) is 72.8 Å². The molecule has 1 N–H and O–H groups in total. The van der Waals surface area contributed by atoms with Crippen molar-refractivity contribution in [2.24, 2.45) is 11.8 Å². The molecular formula is C18H22O5. The summed E-state index contributed by atoms with van der Waals surface area (Å²) in [5.74, 6) is -0.723. The molecule has 4 atom stereocenters. The number of ether oxygens (including phenoxy) is 2. The number of rotatable bonds is 4. The summed E-state index contributed by atoms with van der Waals surface area (Å²) in [5, 5.41) is 10.4. The van der Waals surface area contributed by atoms with Crippen LogP contribution in [0.25, 0.3) is 0 Å². The van der Waals surface area contributed by atoms with Crippen LogP contribution < -0.4 is 0 Å². The van der Waals surface area contributed by atoms with Gasteiger partial charge in [-0.3, -0.25) is 0 Å². The minimum atomic E-state index is -1.42. The molecule has 0 aromatic heterocycles. The molecule has 1 aromatic carbocycles. The lowest BCUT2D eigenvalue weighted by molar-refractivity contribution is -0.154. The van der Waals surface area contributed by atoms with Crippen molar-refractivity contribution in [1.82, 2.24) is 0 Å². The largest absolute Gasteiger partial charge is 0.456 e. The minimum Gasteiger partial charge on any atom is -0.456 e. The van der Waals surface area contributed by atoms with Crippen molar-refractivity contribution in [3.63, 3.8) is 0 Å². The van der Waals surface area contributed by atoms with Gasteiger partial charge in [0.1, 0.15) is 12.2 Å². The van der Waals surface area contributed by atoms with Crippen LogP contribution in [0.4, 0.5) is 0 Å². The molecule has 1 saturated carbocycles. The maximum absolute atomic E-state index is 12.4. The van der Waals surface area contributed by atoms with Gasteiger partial charge in [0.05, 0.1) is 5.56 Å². The van der Waals surface area contributed by atoms with Gasteiger partial charge in [-0.1, -0.05) is 32.0 Å². The standard InChI is InChI=1S/C18H22O5/c1-11(2)8-13-9-18(21)10-14(22-17(18)20)15(13)23-16(19)12-6-4-3-5-7-12/h3-7,11,13-15,21H,8-10H2,1-2H3. The highest BCUT2D eigenvalue weighted by atomic mass is 16.6. The van der Waals surface area contributed by atoms with Crippen LogP contribution in [0.2, 0.25) is 0 Å². The van der Waals surface area contributed by atoms with E-state index in [4.69, 9.17) is 9.47 Å². The molecular weight excluding hydrogens is 296 g/mol. The second-order valence-electron chi connectivity index (χ2n) is 7.01. The number of carbonyl (C=O) groups is 2. The smallest absolute Gasteiger partial charge is 0.338 e. The number of esters is 2. The van der Waals surface area contributed by atoms with E-state index in [9.17, 15) is 14.7 Å². The summed E-state index contributed by atoms with van der Waals surface area (Å²) in [6, 6.07) is 8.77. The Morgan fingerprint density at radius 2 is 2.04 bits per heavy atom. The van der Waals surface area contributed by atoms with Gasteiger partial charge in [-0.25, -0.2) is 9.59 Å². The maximum Gasteiger partial charge on any atom is 0.338 e. The molecule has 2 bridgehead atoms. The van der Waals surface area contributed by atoms with Crippen molar-refractivity contribution >= 4 is 11.9 Å². The number of aliphatic hydroxyl groups is 1. The second kappa shape index (κ2) is 5.96. The average molecular weight is 318 g/mol. The van der Waals surface area contributed by atoms with E-state index in [0.29, 0.717) is 11.5 Å². The zero-order valence-corrected chi connectivity index (χ0v) is 13.4. The first-order valence-electron chi connectivity index (χ1n) is 8.08. The Balaban J connectivity index is 1.80. The SMILES string of the molecule is CC(C)CC1CC2(O)CC(OC2=O)C1OC(=O)c1ccccc1. The molecule has 1 heterocycles. The zero-order valence-electron chi connectivity index (χ0n) is 13.4. The quantitative estimate of drug-likeness (QED) is 0.863. The lowest BCUT2D eigenvalue weighted by Gasteiger charge is -2.37. The molecule has 0 radical (unpaired) electrons. The number of carbonyl (C=O) groups excluding carboxylic acids is 2. The maximum atomic E-state index is 12.4. The van der Waals surface area contributed by atoms with Crippen molar-refractivity contribution < 1.29 is 24.2 Å². The van der Waals surface area contributed by atoms with Crippen LogP contribution in [0, 0.1) is 11.8 Å². The van der Waals surface area contributed by atoms with Crippen molar-refractivity contribution in [1.29, 1.82) is 0 Å². The van der Waals surface area contributed by atoms with Crippen LogP contribution in [-0.2, 0) is 14.3 Å². The van der Waals surface area contributed by atoms with Crippen LogP contribution in [-0.4, -0.2) is 34.9 Å². The molecule has 124 valence electrons. The Kier molecular flexibility index (Phi) is 4.15. The zero-order chi connectivity index (χ0) is 16.6. The predicted molar refractivity (Wildman–Crippen MR) is 82.7 cm³/mol. The van der Waals surface area contributed by atoms with Gasteiger partial charge in [-0.05, 0) is 30.9 Å². The Morgan fingerprint density at radius 3 is 2.70 bits per heavy atom. The lowest BCUT2D eigenvalue weighted by Crippen LogP contribution is -2.47. The highest BCUT2D eigenvalue weighted by Gasteiger charge is 2.58. The van der Waals surface area contributed by atoms with E-state index in [1.807, 2.05) is 6.07 Å².